The summed E-state index contributed by atoms with van der Waals surface area (Å²) in [6.45, 7) is 8.95. The Kier molecular flexibility index (Phi) is 7.85. The highest BCUT2D eigenvalue weighted by Crippen LogP contribution is 2.17. The molecule has 0 bridgehead atoms. The van der Waals surface area contributed by atoms with Crippen LogP contribution in [0.25, 0.3) is 0 Å². The first kappa shape index (κ1) is 14.8. The van der Waals surface area contributed by atoms with Gasteiger partial charge in [-0.15, -0.1) is 11.6 Å². The summed E-state index contributed by atoms with van der Waals surface area (Å²) in [5, 5.41) is 2.96. The van der Waals surface area contributed by atoms with Gasteiger partial charge in [0.15, 0.2) is 0 Å². The Bertz CT molecular complexity index is 178. The first-order chi connectivity index (χ1) is 7.01. The van der Waals surface area contributed by atoms with Crippen LogP contribution in [0.3, 0.4) is 0 Å². The molecule has 1 N–H and O–H groups in total. The van der Waals surface area contributed by atoms with Crippen LogP contribution in [0.2, 0.25) is 0 Å². The average molecular weight is 234 g/mol. The van der Waals surface area contributed by atoms with Crippen molar-refractivity contribution in [1.29, 1.82) is 0 Å². The lowest BCUT2D eigenvalue weighted by Crippen LogP contribution is -2.33. The minimum atomic E-state index is 0.0658. The van der Waals surface area contributed by atoms with Gasteiger partial charge >= 0.3 is 0 Å². The fraction of sp³-hybridized carbons (Fsp3) is 0.917. The number of hydrogen-bond acceptors (Lipinski definition) is 1. The molecule has 1 amide bonds. The van der Waals surface area contributed by atoms with Gasteiger partial charge in [0.1, 0.15) is 0 Å². The van der Waals surface area contributed by atoms with Crippen molar-refractivity contribution in [3.8, 4) is 0 Å². The SMILES string of the molecule is CCC(CC)C(Cl)CNC(=O)CC(C)C. The highest BCUT2D eigenvalue weighted by Gasteiger charge is 2.16. The highest BCUT2D eigenvalue weighted by molar-refractivity contribution is 6.21. The Morgan fingerprint density at radius 1 is 1.27 bits per heavy atom. The number of nitrogens with one attached hydrogen (secondary N) is 1. The van der Waals surface area contributed by atoms with Crippen molar-refractivity contribution < 1.29 is 4.79 Å². The van der Waals surface area contributed by atoms with Crippen LogP contribution in [0.4, 0.5) is 0 Å². The second-order valence-corrected chi connectivity index (χ2v) is 5.06. The van der Waals surface area contributed by atoms with Crippen LogP contribution in [0.15, 0.2) is 0 Å². The molecule has 0 rings (SSSR count). The molecule has 1 unspecified atom stereocenters. The van der Waals surface area contributed by atoms with Gasteiger partial charge in [-0.05, 0) is 11.8 Å². The van der Waals surface area contributed by atoms with Crippen molar-refractivity contribution in [3.63, 3.8) is 0 Å². The summed E-state index contributed by atoms with van der Waals surface area (Å²) in [4.78, 5) is 11.4. The Labute approximate surface area is 98.8 Å². The molecule has 0 saturated carbocycles. The van der Waals surface area contributed by atoms with Gasteiger partial charge in [-0.2, -0.15) is 0 Å². The molecule has 3 heteroatoms. The van der Waals surface area contributed by atoms with Crippen molar-refractivity contribution in [2.45, 2.75) is 52.3 Å². The number of halogens is 1. The lowest BCUT2D eigenvalue weighted by molar-refractivity contribution is -0.121. The van der Waals surface area contributed by atoms with E-state index in [-0.39, 0.29) is 11.3 Å². The number of alkyl halides is 1. The van der Waals surface area contributed by atoms with E-state index < -0.39 is 0 Å². The Hall–Kier alpha value is -0.240. The standard InChI is InChI=1S/C12H24ClNO/c1-5-10(6-2)11(13)8-14-12(15)7-9(3)4/h9-11H,5-8H2,1-4H3,(H,14,15). The van der Waals surface area contributed by atoms with E-state index >= 15 is 0 Å². The molecule has 0 aliphatic carbocycles. The fourth-order valence-electron chi connectivity index (χ4n) is 1.62. The van der Waals surface area contributed by atoms with E-state index in [0.717, 1.165) is 12.8 Å². The molecule has 0 aliphatic rings. The van der Waals surface area contributed by atoms with E-state index in [0.29, 0.717) is 24.8 Å². The lowest BCUT2D eigenvalue weighted by Gasteiger charge is -2.19. The van der Waals surface area contributed by atoms with E-state index in [1.807, 2.05) is 13.8 Å². The Morgan fingerprint density at radius 2 is 1.80 bits per heavy atom. The van der Waals surface area contributed by atoms with Gasteiger partial charge in [-0.3, -0.25) is 4.79 Å². The highest BCUT2D eigenvalue weighted by atomic mass is 35.5. The van der Waals surface area contributed by atoms with Crippen LogP contribution in [0.5, 0.6) is 0 Å². The topological polar surface area (TPSA) is 29.1 Å². The van der Waals surface area contributed by atoms with Gasteiger partial charge in [0, 0.05) is 13.0 Å². The van der Waals surface area contributed by atoms with Gasteiger partial charge in [-0.25, -0.2) is 0 Å². The third kappa shape index (κ3) is 6.77. The zero-order chi connectivity index (χ0) is 11.8. The van der Waals surface area contributed by atoms with Crippen LogP contribution in [-0.2, 0) is 4.79 Å². The average Bonchev–Trinajstić information content (AvgIpc) is 2.15. The summed E-state index contributed by atoms with van der Waals surface area (Å²) in [5.74, 6) is 1.03. The van der Waals surface area contributed by atoms with Crippen LogP contribution in [0, 0.1) is 11.8 Å². The number of rotatable bonds is 7. The number of carbonyl (C=O) groups is 1. The van der Waals surface area contributed by atoms with Gasteiger partial charge < -0.3 is 5.32 Å². The smallest absolute Gasteiger partial charge is 0.220 e. The first-order valence-corrected chi connectivity index (χ1v) is 6.35. The van der Waals surface area contributed by atoms with E-state index in [9.17, 15) is 4.79 Å². The maximum absolute atomic E-state index is 11.4. The predicted molar refractivity (Wildman–Crippen MR) is 66.2 cm³/mol. The van der Waals surface area contributed by atoms with Crippen LogP contribution < -0.4 is 5.32 Å². The summed E-state index contributed by atoms with van der Waals surface area (Å²) in [6.07, 6.45) is 2.74. The molecule has 15 heavy (non-hydrogen) atoms. The molecule has 0 radical (unpaired) electrons. The largest absolute Gasteiger partial charge is 0.355 e. The molecule has 0 fully saturated rings. The van der Waals surface area contributed by atoms with Crippen LogP contribution >= 0.6 is 11.6 Å². The molecule has 90 valence electrons. The summed E-state index contributed by atoms with van der Waals surface area (Å²) in [5.41, 5.74) is 0. The summed E-state index contributed by atoms with van der Waals surface area (Å²) < 4.78 is 0. The molecule has 0 aromatic carbocycles. The van der Waals surface area contributed by atoms with Gasteiger partial charge in [0.25, 0.3) is 0 Å². The van der Waals surface area contributed by atoms with E-state index in [1.54, 1.807) is 0 Å². The van der Waals surface area contributed by atoms with Crippen molar-refractivity contribution in [2.75, 3.05) is 6.54 Å². The second-order valence-electron chi connectivity index (χ2n) is 4.49. The van der Waals surface area contributed by atoms with Crippen molar-refractivity contribution >= 4 is 17.5 Å². The molecule has 0 aromatic rings. The number of carbonyl (C=O) groups excluding carboxylic acids is 1. The third-order valence-electron chi connectivity index (χ3n) is 2.65. The van der Waals surface area contributed by atoms with Crippen molar-refractivity contribution in [1.82, 2.24) is 5.32 Å². The van der Waals surface area contributed by atoms with Gasteiger partial charge in [0.2, 0.25) is 5.91 Å². The molecule has 0 spiro atoms. The maximum Gasteiger partial charge on any atom is 0.220 e. The van der Waals surface area contributed by atoms with E-state index in [2.05, 4.69) is 19.2 Å². The fourth-order valence-corrected chi connectivity index (χ4v) is 2.05. The summed E-state index contributed by atoms with van der Waals surface area (Å²) in [6, 6.07) is 0. The predicted octanol–water partition coefficient (Wildman–Crippen LogP) is 3.19. The monoisotopic (exact) mass is 233 g/mol. The Balaban J connectivity index is 3.78. The third-order valence-corrected chi connectivity index (χ3v) is 3.16. The first-order valence-electron chi connectivity index (χ1n) is 5.91. The molecular weight excluding hydrogens is 210 g/mol. The van der Waals surface area contributed by atoms with Crippen molar-refractivity contribution in [2.24, 2.45) is 11.8 Å². The molecule has 0 aromatic heterocycles. The molecule has 2 nitrogen and oxygen atoms in total. The quantitative estimate of drug-likeness (QED) is 0.673. The van der Waals surface area contributed by atoms with E-state index in [1.165, 1.54) is 0 Å². The molecule has 0 heterocycles. The normalized spacial score (nSPS) is 13.3. The van der Waals surface area contributed by atoms with Crippen LogP contribution in [-0.4, -0.2) is 17.8 Å². The number of hydrogen-bond donors (Lipinski definition) is 1. The van der Waals surface area contributed by atoms with Gasteiger partial charge in [-0.1, -0.05) is 40.5 Å². The zero-order valence-electron chi connectivity index (χ0n) is 10.3. The Morgan fingerprint density at radius 3 is 2.20 bits per heavy atom. The minimum absolute atomic E-state index is 0.0658. The minimum Gasteiger partial charge on any atom is -0.355 e. The van der Waals surface area contributed by atoms with E-state index in [4.69, 9.17) is 11.6 Å². The number of amides is 1. The van der Waals surface area contributed by atoms with Gasteiger partial charge in [0.05, 0.1) is 5.38 Å². The molecule has 0 aliphatic heterocycles. The summed E-state index contributed by atoms with van der Waals surface area (Å²) >= 11 is 6.21. The molecular formula is C12H24ClNO. The van der Waals surface area contributed by atoms with Crippen LogP contribution in [0.1, 0.15) is 47.0 Å². The summed E-state index contributed by atoms with van der Waals surface area (Å²) in [7, 11) is 0. The molecule has 0 saturated heterocycles. The second kappa shape index (κ2) is 7.98. The molecule has 1 atom stereocenters. The van der Waals surface area contributed by atoms with Crippen molar-refractivity contribution in [3.05, 3.63) is 0 Å². The zero-order valence-corrected chi connectivity index (χ0v) is 11.1. The maximum atomic E-state index is 11.4. The lowest BCUT2D eigenvalue weighted by atomic mass is 9.99.